The zero-order chi connectivity index (χ0) is 16.7. The molecule has 6 nitrogen and oxygen atoms in total. The summed E-state index contributed by atoms with van der Waals surface area (Å²) in [4.78, 5) is 26.7. The number of hydrogen-bond donors (Lipinski definition) is 2. The van der Waals surface area contributed by atoms with Gasteiger partial charge in [0.2, 0.25) is 5.91 Å². The van der Waals surface area contributed by atoms with Crippen molar-refractivity contribution in [2.24, 2.45) is 0 Å². The highest BCUT2D eigenvalue weighted by atomic mass is 35.5. The smallest absolute Gasteiger partial charge is 0.350 e. The van der Waals surface area contributed by atoms with Crippen molar-refractivity contribution >= 4 is 41.3 Å². The SMILES string of the molecule is CCCN(CC(=O)Nc1ccsc1C(=O)OC)C1CCNCC1.Cl. The largest absolute Gasteiger partial charge is 0.465 e. The van der Waals surface area contributed by atoms with Gasteiger partial charge in [0.1, 0.15) is 4.88 Å². The Morgan fingerprint density at radius 2 is 2.12 bits per heavy atom. The molecule has 0 saturated carbocycles. The molecule has 2 N–H and O–H groups in total. The maximum Gasteiger partial charge on any atom is 0.350 e. The third kappa shape index (κ3) is 5.73. The van der Waals surface area contributed by atoms with E-state index in [9.17, 15) is 9.59 Å². The molecule has 1 fully saturated rings. The fourth-order valence-electron chi connectivity index (χ4n) is 2.88. The Labute approximate surface area is 153 Å². The van der Waals surface area contributed by atoms with Gasteiger partial charge in [-0.1, -0.05) is 6.92 Å². The van der Waals surface area contributed by atoms with Gasteiger partial charge in [0.15, 0.2) is 0 Å². The van der Waals surface area contributed by atoms with E-state index in [1.807, 2.05) is 0 Å². The number of nitrogens with one attached hydrogen (secondary N) is 2. The summed E-state index contributed by atoms with van der Waals surface area (Å²) in [5.41, 5.74) is 0.536. The number of anilines is 1. The van der Waals surface area contributed by atoms with Gasteiger partial charge in [-0.25, -0.2) is 4.79 Å². The summed E-state index contributed by atoms with van der Waals surface area (Å²) in [5.74, 6) is -0.500. The fourth-order valence-corrected chi connectivity index (χ4v) is 3.65. The molecule has 0 atom stereocenters. The minimum absolute atomic E-state index is 0. The summed E-state index contributed by atoms with van der Waals surface area (Å²) in [6.45, 7) is 5.40. The molecule has 0 aromatic carbocycles. The van der Waals surface area contributed by atoms with Crippen LogP contribution < -0.4 is 10.6 Å². The first-order chi connectivity index (χ1) is 11.2. The van der Waals surface area contributed by atoms with E-state index < -0.39 is 5.97 Å². The second-order valence-electron chi connectivity index (χ2n) is 5.65. The van der Waals surface area contributed by atoms with Crippen molar-refractivity contribution in [2.75, 3.05) is 38.6 Å². The molecule has 1 aromatic rings. The van der Waals surface area contributed by atoms with E-state index in [0.717, 1.165) is 38.9 Å². The average molecular weight is 376 g/mol. The van der Waals surface area contributed by atoms with Crippen molar-refractivity contribution in [2.45, 2.75) is 32.2 Å². The van der Waals surface area contributed by atoms with Gasteiger partial charge >= 0.3 is 5.97 Å². The minimum Gasteiger partial charge on any atom is -0.465 e. The van der Waals surface area contributed by atoms with Crippen LogP contribution in [-0.4, -0.2) is 56.1 Å². The van der Waals surface area contributed by atoms with Crippen LogP contribution in [0.2, 0.25) is 0 Å². The molecule has 0 radical (unpaired) electrons. The molecule has 1 amide bonds. The Morgan fingerprint density at radius 3 is 2.75 bits per heavy atom. The van der Waals surface area contributed by atoms with E-state index >= 15 is 0 Å². The highest BCUT2D eigenvalue weighted by Crippen LogP contribution is 2.23. The number of ether oxygens (including phenoxy) is 1. The van der Waals surface area contributed by atoms with Crippen molar-refractivity contribution in [3.63, 3.8) is 0 Å². The molecular formula is C16H26ClN3O3S. The van der Waals surface area contributed by atoms with Crippen molar-refractivity contribution < 1.29 is 14.3 Å². The predicted octanol–water partition coefficient (Wildman–Crippen LogP) is 2.36. The Hall–Kier alpha value is -1.15. The normalized spacial score (nSPS) is 15.0. The van der Waals surface area contributed by atoms with Gasteiger partial charge in [0.05, 0.1) is 19.3 Å². The zero-order valence-corrected chi connectivity index (χ0v) is 15.8. The first-order valence-corrected chi connectivity index (χ1v) is 8.94. The minimum atomic E-state index is -0.418. The van der Waals surface area contributed by atoms with E-state index in [4.69, 9.17) is 4.74 Å². The molecule has 1 saturated heterocycles. The van der Waals surface area contributed by atoms with E-state index in [1.165, 1.54) is 18.4 Å². The van der Waals surface area contributed by atoms with Crippen LogP contribution in [0.4, 0.5) is 5.69 Å². The predicted molar refractivity (Wildman–Crippen MR) is 99.3 cm³/mol. The monoisotopic (exact) mass is 375 g/mol. The van der Waals surface area contributed by atoms with Crippen molar-refractivity contribution in [1.82, 2.24) is 10.2 Å². The van der Waals surface area contributed by atoms with Gasteiger partial charge in [-0.2, -0.15) is 0 Å². The molecule has 1 aliphatic heterocycles. The Kier molecular flexibility index (Phi) is 9.28. The molecule has 136 valence electrons. The molecule has 24 heavy (non-hydrogen) atoms. The molecule has 8 heteroatoms. The first-order valence-electron chi connectivity index (χ1n) is 8.06. The molecule has 2 rings (SSSR count). The maximum atomic E-state index is 12.4. The van der Waals surface area contributed by atoms with E-state index in [1.54, 1.807) is 11.4 Å². The summed E-state index contributed by atoms with van der Waals surface area (Å²) >= 11 is 1.27. The van der Waals surface area contributed by atoms with Gasteiger partial charge in [0, 0.05) is 6.04 Å². The number of methoxy groups -OCH3 is 1. The third-order valence-corrected chi connectivity index (χ3v) is 4.89. The zero-order valence-electron chi connectivity index (χ0n) is 14.2. The molecule has 0 aliphatic carbocycles. The number of carbonyl (C=O) groups is 2. The molecule has 0 bridgehead atoms. The Bertz CT molecular complexity index is 532. The lowest BCUT2D eigenvalue weighted by Crippen LogP contribution is -2.46. The molecule has 0 unspecified atom stereocenters. The van der Waals surface area contributed by atoms with Crippen LogP contribution in [0.25, 0.3) is 0 Å². The van der Waals surface area contributed by atoms with E-state index in [2.05, 4.69) is 22.5 Å². The van der Waals surface area contributed by atoms with Crippen LogP contribution in [0.1, 0.15) is 35.9 Å². The standard InChI is InChI=1S/C16H25N3O3S.ClH/c1-3-9-19(12-4-7-17-8-5-12)11-14(20)18-13-6-10-23-15(13)16(21)22-2;/h6,10,12,17H,3-5,7-9,11H2,1-2H3,(H,18,20);1H. The summed E-state index contributed by atoms with van der Waals surface area (Å²) in [7, 11) is 1.34. The molecule has 1 aliphatic rings. The van der Waals surface area contributed by atoms with Crippen LogP contribution in [0.5, 0.6) is 0 Å². The second-order valence-corrected chi connectivity index (χ2v) is 6.57. The number of nitrogens with zero attached hydrogens (tertiary/aromatic N) is 1. The van der Waals surface area contributed by atoms with Crippen LogP contribution >= 0.6 is 23.7 Å². The van der Waals surface area contributed by atoms with Crippen LogP contribution in [0.15, 0.2) is 11.4 Å². The van der Waals surface area contributed by atoms with Gasteiger partial charge in [-0.3, -0.25) is 9.69 Å². The van der Waals surface area contributed by atoms with Gasteiger partial charge in [-0.15, -0.1) is 23.7 Å². The van der Waals surface area contributed by atoms with Crippen LogP contribution in [0, 0.1) is 0 Å². The van der Waals surface area contributed by atoms with Crippen LogP contribution in [-0.2, 0) is 9.53 Å². The van der Waals surface area contributed by atoms with Crippen molar-refractivity contribution in [3.8, 4) is 0 Å². The summed E-state index contributed by atoms with van der Waals surface area (Å²) in [6, 6.07) is 2.19. The van der Waals surface area contributed by atoms with Crippen molar-refractivity contribution in [3.05, 3.63) is 16.3 Å². The molecular weight excluding hydrogens is 350 g/mol. The fraction of sp³-hybridized carbons (Fsp3) is 0.625. The van der Waals surface area contributed by atoms with Crippen LogP contribution in [0.3, 0.4) is 0 Å². The molecule has 2 heterocycles. The average Bonchev–Trinajstić information content (AvgIpc) is 3.02. The lowest BCUT2D eigenvalue weighted by Gasteiger charge is -2.34. The van der Waals surface area contributed by atoms with Gasteiger partial charge in [-0.05, 0) is 50.3 Å². The highest BCUT2D eigenvalue weighted by molar-refractivity contribution is 7.12. The number of piperidine rings is 1. The summed E-state index contributed by atoms with van der Waals surface area (Å²) in [5, 5.41) is 7.97. The number of thiophene rings is 1. The highest BCUT2D eigenvalue weighted by Gasteiger charge is 2.23. The third-order valence-electron chi connectivity index (χ3n) is 3.99. The lowest BCUT2D eigenvalue weighted by molar-refractivity contribution is -0.118. The van der Waals surface area contributed by atoms with Gasteiger partial charge in [0.25, 0.3) is 0 Å². The Morgan fingerprint density at radius 1 is 1.42 bits per heavy atom. The van der Waals surface area contributed by atoms with Crippen molar-refractivity contribution in [1.29, 1.82) is 0 Å². The lowest BCUT2D eigenvalue weighted by atomic mass is 10.0. The molecule has 0 spiro atoms. The maximum absolute atomic E-state index is 12.4. The number of carbonyl (C=O) groups excluding carboxylic acids is 2. The molecule has 1 aromatic heterocycles. The van der Waals surface area contributed by atoms with Gasteiger partial charge < -0.3 is 15.4 Å². The summed E-state index contributed by atoms with van der Waals surface area (Å²) < 4.78 is 4.73. The number of rotatable bonds is 7. The number of amides is 1. The first kappa shape index (κ1) is 20.9. The van der Waals surface area contributed by atoms with E-state index in [0.29, 0.717) is 23.2 Å². The van der Waals surface area contributed by atoms with E-state index in [-0.39, 0.29) is 18.3 Å². The second kappa shape index (κ2) is 10.7. The number of esters is 1. The quantitative estimate of drug-likeness (QED) is 0.716. The number of hydrogen-bond acceptors (Lipinski definition) is 6. The number of halogens is 1. The topological polar surface area (TPSA) is 70.7 Å². The Balaban J connectivity index is 0.00000288. The summed E-state index contributed by atoms with van der Waals surface area (Å²) in [6.07, 6.45) is 3.15.